The Hall–Kier alpha value is -4.50. The van der Waals surface area contributed by atoms with Crippen molar-refractivity contribution >= 4 is 10.9 Å². The molecule has 5 aromatic rings. The smallest absolute Gasteiger partial charge is 0.253 e. The van der Waals surface area contributed by atoms with Crippen molar-refractivity contribution in [1.82, 2.24) is 30.1 Å². The molecule has 3 heterocycles. The van der Waals surface area contributed by atoms with Gasteiger partial charge >= 0.3 is 0 Å². The number of rotatable bonds is 8. The highest BCUT2D eigenvalue weighted by atomic mass is 16.7. The van der Waals surface area contributed by atoms with Gasteiger partial charge in [-0.3, -0.25) is 9.69 Å². The minimum atomic E-state index is -0.517. The molecule has 1 N–H and O–H groups in total. The van der Waals surface area contributed by atoms with Crippen molar-refractivity contribution in [2.45, 2.75) is 45.3 Å². The van der Waals surface area contributed by atoms with E-state index in [0.29, 0.717) is 41.5 Å². The molecule has 2 aromatic heterocycles. The second-order valence-electron chi connectivity index (χ2n) is 11.1. The van der Waals surface area contributed by atoms with Crippen LogP contribution >= 0.6 is 0 Å². The summed E-state index contributed by atoms with van der Waals surface area (Å²) < 4.78 is 13.0. The lowest BCUT2D eigenvalue weighted by atomic mass is 10.00. The van der Waals surface area contributed by atoms with Gasteiger partial charge in [-0.15, -0.1) is 5.10 Å². The van der Waals surface area contributed by atoms with E-state index in [9.17, 15) is 4.79 Å². The molecule has 9 nitrogen and oxygen atoms in total. The van der Waals surface area contributed by atoms with E-state index in [-0.39, 0.29) is 12.4 Å². The van der Waals surface area contributed by atoms with Gasteiger partial charge in [0, 0.05) is 30.1 Å². The van der Waals surface area contributed by atoms with Crippen LogP contribution in [0.2, 0.25) is 0 Å². The van der Waals surface area contributed by atoms with Crippen molar-refractivity contribution in [3.63, 3.8) is 0 Å². The van der Waals surface area contributed by atoms with Crippen molar-refractivity contribution < 1.29 is 9.47 Å². The second-order valence-corrected chi connectivity index (χ2v) is 11.1. The van der Waals surface area contributed by atoms with E-state index >= 15 is 0 Å². The van der Waals surface area contributed by atoms with Crippen LogP contribution in [0.15, 0.2) is 83.7 Å². The summed E-state index contributed by atoms with van der Waals surface area (Å²) in [7, 11) is 0. The van der Waals surface area contributed by atoms with Crippen LogP contribution < -0.4 is 15.0 Å². The largest absolute Gasteiger partial charge is 0.454 e. The van der Waals surface area contributed by atoms with E-state index in [2.05, 4.69) is 70.4 Å². The molecule has 1 atom stereocenters. The van der Waals surface area contributed by atoms with Crippen molar-refractivity contribution in [3.05, 3.63) is 112 Å². The van der Waals surface area contributed by atoms with Crippen LogP contribution in [-0.4, -0.2) is 43.4 Å². The third-order valence-corrected chi connectivity index (χ3v) is 7.16. The quantitative estimate of drug-likeness (QED) is 0.303. The van der Waals surface area contributed by atoms with Crippen LogP contribution in [0.1, 0.15) is 49.3 Å². The predicted molar refractivity (Wildman–Crippen MR) is 152 cm³/mol. The number of tetrazole rings is 1. The fourth-order valence-electron chi connectivity index (χ4n) is 5.19. The topological polar surface area (TPSA) is 98.2 Å². The summed E-state index contributed by atoms with van der Waals surface area (Å²) in [5.41, 5.74) is 3.01. The molecule has 6 rings (SSSR count). The van der Waals surface area contributed by atoms with Gasteiger partial charge < -0.3 is 14.5 Å². The van der Waals surface area contributed by atoms with Crippen molar-refractivity contribution in [2.75, 3.05) is 13.3 Å². The molecule has 9 heteroatoms. The number of ether oxygens (including phenoxy) is 2. The number of aromatic amines is 1. The minimum Gasteiger partial charge on any atom is -0.454 e. The van der Waals surface area contributed by atoms with Gasteiger partial charge in [0.15, 0.2) is 17.3 Å². The lowest BCUT2D eigenvalue weighted by molar-refractivity contribution is 0.174. The molecule has 0 amide bonds. The number of benzene rings is 3. The Morgan fingerprint density at radius 3 is 2.33 bits per heavy atom. The molecule has 0 saturated heterocycles. The molecule has 0 spiro atoms. The third-order valence-electron chi connectivity index (χ3n) is 7.16. The summed E-state index contributed by atoms with van der Waals surface area (Å²) in [6.45, 7) is 7.62. The maximum Gasteiger partial charge on any atom is 0.253 e. The van der Waals surface area contributed by atoms with Crippen LogP contribution in [0, 0.1) is 0 Å². The molecule has 1 aliphatic rings. The first kappa shape index (κ1) is 25.8. The predicted octanol–water partition coefficient (Wildman–Crippen LogP) is 4.83. The van der Waals surface area contributed by atoms with Crippen LogP contribution in [-0.2, 0) is 18.5 Å². The summed E-state index contributed by atoms with van der Waals surface area (Å²) in [5.74, 6) is 1.89. The number of pyridine rings is 1. The van der Waals surface area contributed by atoms with Gasteiger partial charge in [-0.05, 0) is 60.9 Å². The molecule has 0 radical (unpaired) electrons. The summed E-state index contributed by atoms with van der Waals surface area (Å²) in [5, 5.41) is 13.8. The van der Waals surface area contributed by atoms with Crippen LogP contribution in [0.25, 0.3) is 10.9 Å². The van der Waals surface area contributed by atoms with Crippen molar-refractivity contribution in [2.24, 2.45) is 0 Å². The van der Waals surface area contributed by atoms with Gasteiger partial charge in [-0.25, -0.2) is 4.68 Å². The lowest BCUT2D eigenvalue weighted by Gasteiger charge is -2.33. The van der Waals surface area contributed by atoms with Gasteiger partial charge in [0.1, 0.15) is 6.04 Å². The molecule has 40 heavy (non-hydrogen) atoms. The summed E-state index contributed by atoms with van der Waals surface area (Å²) >= 11 is 0. The van der Waals surface area contributed by atoms with Gasteiger partial charge in [0.05, 0.1) is 11.1 Å². The number of H-pyrrole nitrogens is 1. The highest BCUT2D eigenvalue weighted by Crippen LogP contribution is 2.37. The van der Waals surface area contributed by atoms with Gasteiger partial charge in [0.2, 0.25) is 6.79 Å². The van der Waals surface area contributed by atoms with Crippen molar-refractivity contribution in [3.8, 4) is 11.5 Å². The minimum absolute atomic E-state index is 0.163. The Morgan fingerprint density at radius 2 is 1.62 bits per heavy atom. The van der Waals surface area contributed by atoms with Gasteiger partial charge in [-0.1, -0.05) is 60.7 Å². The van der Waals surface area contributed by atoms with Gasteiger partial charge in [-0.2, -0.15) is 0 Å². The Balaban J connectivity index is 1.51. The molecule has 204 valence electrons. The average Bonchev–Trinajstić information content (AvgIpc) is 3.62. The summed E-state index contributed by atoms with van der Waals surface area (Å²) in [6, 6.07) is 25.8. The van der Waals surface area contributed by atoms with E-state index in [0.717, 1.165) is 17.4 Å². The SMILES string of the molecule is CC(C)(C)n1nnnc1C(c1cc2cc3c(cc2[nH]c1=O)OCO3)N(CCc1ccccc1)Cc1ccccc1. The van der Waals surface area contributed by atoms with Crippen LogP contribution in [0.3, 0.4) is 0 Å². The Labute approximate surface area is 232 Å². The molecule has 0 saturated carbocycles. The molecule has 3 aromatic carbocycles. The number of nitrogens with zero attached hydrogens (tertiary/aromatic N) is 5. The molecule has 0 fully saturated rings. The molecular weight excluding hydrogens is 504 g/mol. The summed E-state index contributed by atoms with van der Waals surface area (Å²) in [6.07, 6.45) is 0.797. The van der Waals surface area contributed by atoms with Crippen molar-refractivity contribution in [1.29, 1.82) is 0 Å². The Morgan fingerprint density at radius 1 is 0.950 bits per heavy atom. The maximum absolute atomic E-state index is 13.8. The van der Waals surface area contributed by atoms with E-state index in [1.54, 1.807) is 0 Å². The van der Waals surface area contributed by atoms with E-state index in [1.807, 2.05) is 59.3 Å². The zero-order valence-corrected chi connectivity index (χ0v) is 22.9. The standard InChI is InChI=1S/C31H32N6O3/c1-31(2,3)37-29(33-34-35-37)28(24-16-23-17-26-27(40-20-39-26)18-25(23)32-30(24)38)36(19-22-12-8-5-9-13-22)15-14-21-10-6-4-7-11-21/h4-13,16-18,28H,14-15,19-20H2,1-3H3,(H,32,38). The zero-order valence-electron chi connectivity index (χ0n) is 22.9. The average molecular weight is 537 g/mol. The molecule has 1 aliphatic heterocycles. The monoisotopic (exact) mass is 536 g/mol. The molecule has 0 aliphatic carbocycles. The zero-order chi connectivity index (χ0) is 27.7. The molecule has 1 unspecified atom stereocenters. The third kappa shape index (κ3) is 5.20. The highest BCUT2D eigenvalue weighted by molar-refractivity contribution is 5.83. The second kappa shape index (κ2) is 10.6. The number of aromatic nitrogens is 5. The first-order valence-electron chi connectivity index (χ1n) is 13.4. The normalized spacial score (nSPS) is 13.7. The fourth-order valence-corrected chi connectivity index (χ4v) is 5.19. The van der Waals surface area contributed by atoms with Crippen LogP contribution in [0.5, 0.6) is 11.5 Å². The first-order chi connectivity index (χ1) is 19.4. The Kier molecular flexibility index (Phi) is 6.81. The molecular formula is C31H32N6O3. The first-order valence-corrected chi connectivity index (χ1v) is 13.4. The number of hydrogen-bond acceptors (Lipinski definition) is 7. The molecule has 0 bridgehead atoms. The van der Waals surface area contributed by atoms with E-state index < -0.39 is 11.6 Å². The number of fused-ring (bicyclic) bond motifs is 2. The van der Waals surface area contributed by atoms with E-state index in [1.165, 1.54) is 5.56 Å². The lowest BCUT2D eigenvalue weighted by Crippen LogP contribution is -2.38. The van der Waals surface area contributed by atoms with Gasteiger partial charge in [0.25, 0.3) is 5.56 Å². The number of nitrogens with one attached hydrogen (secondary N) is 1. The van der Waals surface area contributed by atoms with E-state index in [4.69, 9.17) is 9.47 Å². The summed E-state index contributed by atoms with van der Waals surface area (Å²) in [4.78, 5) is 19.2. The maximum atomic E-state index is 13.8. The Bertz CT molecular complexity index is 1670. The number of hydrogen-bond donors (Lipinski definition) is 1. The fraction of sp³-hybridized carbons (Fsp3) is 0.290. The van der Waals surface area contributed by atoms with Crippen LogP contribution in [0.4, 0.5) is 0 Å². The highest BCUT2D eigenvalue weighted by Gasteiger charge is 2.33.